The number of fused-ring (bicyclic) bond motifs is 1. The van der Waals surface area contributed by atoms with E-state index in [0.717, 1.165) is 25.8 Å². The Morgan fingerprint density at radius 1 is 1.14 bits per heavy atom. The molecule has 4 heteroatoms. The monoisotopic (exact) mass is 295 g/mol. The second-order valence-electron chi connectivity index (χ2n) is 8.02. The molecule has 1 spiro atoms. The summed E-state index contributed by atoms with van der Waals surface area (Å²) in [7, 11) is 0. The zero-order valence-electron chi connectivity index (χ0n) is 14.1. The standard InChI is InChI=1S/C17H29NO3/c1-12(2)18-9-6-13-15(3,4)17(20-10-11-21-17)8-7-16(13,5)14(18)19/h12-13H,6-11H2,1-5H3. The fourth-order valence-corrected chi connectivity index (χ4v) is 5.08. The lowest BCUT2D eigenvalue weighted by atomic mass is 9.51. The highest BCUT2D eigenvalue weighted by Gasteiger charge is 2.65. The number of carbonyl (C=O) groups excluding carboxylic acids is 1. The molecule has 4 nitrogen and oxygen atoms in total. The van der Waals surface area contributed by atoms with Crippen LogP contribution in [0.4, 0.5) is 0 Å². The fourth-order valence-electron chi connectivity index (χ4n) is 5.08. The molecule has 3 aliphatic rings. The number of rotatable bonds is 1. The lowest BCUT2D eigenvalue weighted by Crippen LogP contribution is -2.65. The number of nitrogens with zero attached hydrogens (tertiary/aromatic N) is 1. The Morgan fingerprint density at radius 2 is 1.76 bits per heavy atom. The van der Waals surface area contributed by atoms with Crippen LogP contribution in [0.2, 0.25) is 0 Å². The third-order valence-corrected chi connectivity index (χ3v) is 6.38. The summed E-state index contributed by atoms with van der Waals surface area (Å²) in [4.78, 5) is 15.1. The fraction of sp³-hybridized carbons (Fsp3) is 0.941. The maximum Gasteiger partial charge on any atom is 0.229 e. The number of amides is 1. The molecule has 0 aromatic rings. The second kappa shape index (κ2) is 4.69. The van der Waals surface area contributed by atoms with E-state index in [0.29, 0.717) is 25.0 Å². The Balaban J connectivity index is 1.95. The molecular weight excluding hydrogens is 266 g/mol. The zero-order valence-corrected chi connectivity index (χ0v) is 14.1. The lowest BCUT2D eigenvalue weighted by molar-refractivity contribution is -0.286. The number of likely N-dealkylation sites (tertiary alicyclic amines) is 1. The molecule has 21 heavy (non-hydrogen) atoms. The van der Waals surface area contributed by atoms with Crippen molar-refractivity contribution in [3.05, 3.63) is 0 Å². The Bertz CT molecular complexity index is 439. The predicted molar refractivity (Wildman–Crippen MR) is 80.7 cm³/mol. The number of hydrogen-bond acceptors (Lipinski definition) is 3. The van der Waals surface area contributed by atoms with Crippen molar-refractivity contribution in [2.24, 2.45) is 16.7 Å². The minimum Gasteiger partial charge on any atom is -0.347 e. The highest BCUT2D eigenvalue weighted by molar-refractivity contribution is 5.84. The second-order valence-corrected chi connectivity index (χ2v) is 8.02. The van der Waals surface area contributed by atoms with Gasteiger partial charge < -0.3 is 14.4 Å². The van der Waals surface area contributed by atoms with Gasteiger partial charge in [0.2, 0.25) is 5.91 Å². The minimum absolute atomic E-state index is 0.130. The maximum atomic E-state index is 13.1. The van der Waals surface area contributed by atoms with Gasteiger partial charge in [0.1, 0.15) is 0 Å². The van der Waals surface area contributed by atoms with E-state index in [9.17, 15) is 4.79 Å². The van der Waals surface area contributed by atoms with Gasteiger partial charge in [-0.15, -0.1) is 0 Å². The smallest absolute Gasteiger partial charge is 0.229 e. The summed E-state index contributed by atoms with van der Waals surface area (Å²) in [5.74, 6) is 0.172. The SMILES string of the molecule is CC(C)N1CCC2C(C)(CCC3(OCCO3)C2(C)C)C1=O. The van der Waals surface area contributed by atoms with Crippen LogP contribution >= 0.6 is 0 Å². The zero-order chi connectivity index (χ0) is 15.5. The quantitative estimate of drug-likeness (QED) is 0.746. The van der Waals surface area contributed by atoms with Crippen LogP contribution in [0.5, 0.6) is 0 Å². The Labute approximate surface area is 128 Å². The first-order chi connectivity index (χ1) is 9.75. The molecule has 0 bridgehead atoms. The Morgan fingerprint density at radius 3 is 2.33 bits per heavy atom. The lowest BCUT2D eigenvalue weighted by Gasteiger charge is -2.60. The van der Waals surface area contributed by atoms with Gasteiger partial charge in [-0.25, -0.2) is 0 Å². The summed E-state index contributed by atoms with van der Waals surface area (Å²) < 4.78 is 12.1. The average molecular weight is 295 g/mol. The van der Waals surface area contributed by atoms with Gasteiger partial charge in [0.05, 0.1) is 18.6 Å². The van der Waals surface area contributed by atoms with E-state index in [4.69, 9.17) is 9.47 Å². The summed E-state index contributed by atoms with van der Waals surface area (Å²) in [6.45, 7) is 13.1. The van der Waals surface area contributed by atoms with Crippen molar-refractivity contribution < 1.29 is 14.3 Å². The van der Waals surface area contributed by atoms with Crippen LogP contribution in [0, 0.1) is 16.7 Å². The molecule has 120 valence electrons. The highest BCUT2D eigenvalue weighted by atomic mass is 16.7. The average Bonchev–Trinajstić information content (AvgIpc) is 2.88. The van der Waals surface area contributed by atoms with Crippen LogP contribution in [-0.4, -0.2) is 42.4 Å². The van der Waals surface area contributed by atoms with E-state index in [-0.39, 0.29) is 16.9 Å². The van der Waals surface area contributed by atoms with E-state index in [1.807, 2.05) is 0 Å². The van der Waals surface area contributed by atoms with Gasteiger partial charge in [0.25, 0.3) is 0 Å². The normalized spacial score (nSPS) is 38.1. The summed E-state index contributed by atoms with van der Waals surface area (Å²) in [6, 6.07) is 0.285. The molecule has 2 atom stereocenters. The molecule has 1 amide bonds. The van der Waals surface area contributed by atoms with Crippen LogP contribution in [0.1, 0.15) is 53.9 Å². The Hall–Kier alpha value is -0.610. The molecule has 2 unspecified atom stereocenters. The summed E-state index contributed by atoms with van der Waals surface area (Å²) >= 11 is 0. The van der Waals surface area contributed by atoms with Gasteiger partial charge in [0.15, 0.2) is 5.79 Å². The Kier molecular flexibility index (Phi) is 3.42. The topological polar surface area (TPSA) is 38.8 Å². The van der Waals surface area contributed by atoms with Gasteiger partial charge in [-0.3, -0.25) is 4.79 Å². The van der Waals surface area contributed by atoms with E-state index < -0.39 is 5.79 Å². The van der Waals surface area contributed by atoms with E-state index >= 15 is 0 Å². The molecule has 0 aromatic heterocycles. The maximum absolute atomic E-state index is 13.1. The molecule has 2 saturated heterocycles. The van der Waals surface area contributed by atoms with Crippen LogP contribution < -0.4 is 0 Å². The van der Waals surface area contributed by atoms with Crippen molar-refractivity contribution in [2.45, 2.75) is 65.7 Å². The van der Waals surface area contributed by atoms with Crippen LogP contribution in [0.15, 0.2) is 0 Å². The van der Waals surface area contributed by atoms with Crippen LogP contribution in [0.3, 0.4) is 0 Å². The number of ether oxygens (including phenoxy) is 2. The van der Waals surface area contributed by atoms with Gasteiger partial charge in [-0.05, 0) is 32.6 Å². The molecule has 2 heterocycles. The third kappa shape index (κ3) is 1.91. The van der Waals surface area contributed by atoms with Crippen molar-refractivity contribution in [2.75, 3.05) is 19.8 Å². The first kappa shape index (κ1) is 15.3. The molecule has 1 aliphatic carbocycles. The predicted octanol–water partition coefficient (Wildman–Crippen LogP) is 2.81. The van der Waals surface area contributed by atoms with Gasteiger partial charge in [0, 0.05) is 24.4 Å². The third-order valence-electron chi connectivity index (χ3n) is 6.38. The summed E-state index contributed by atoms with van der Waals surface area (Å²) in [6.07, 6.45) is 2.73. The first-order valence-electron chi connectivity index (χ1n) is 8.34. The minimum atomic E-state index is -0.475. The van der Waals surface area contributed by atoms with Gasteiger partial charge >= 0.3 is 0 Å². The molecule has 0 radical (unpaired) electrons. The van der Waals surface area contributed by atoms with Crippen molar-refractivity contribution >= 4 is 5.91 Å². The molecule has 0 N–H and O–H groups in total. The number of hydrogen-bond donors (Lipinski definition) is 0. The summed E-state index contributed by atoms with van der Waals surface area (Å²) in [5.41, 5.74) is -0.401. The largest absolute Gasteiger partial charge is 0.347 e. The van der Waals surface area contributed by atoms with Crippen molar-refractivity contribution in [3.8, 4) is 0 Å². The van der Waals surface area contributed by atoms with E-state index in [1.165, 1.54) is 0 Å². The van der Waals surface area contributed by atoms with E-state index in [2.05, 4.69) is 39.5 Å². The first-order valence-corrected chi connectivity index (χ1v) is 8.34. The van der Waals surface area contributed by atoms with Crippen molar-refractivity contribution in [3.63, 3.8) is 0 Å². The van der Waals surface area contributed by atoms with Gasteiger partial charge in [-0.1, -0.05) is 20.8 Å². The van der Waals surface area contributed by atoms with Crippen LogP contribution in [-0.2, 0) is 14.3 Å². The number of piperidine rings is 1. The molecular formula is C17H29NO3. The molecule has 3 rings (SSSR count). The van der Waals surface area contributed by atoms with Crippen molar-refractivity contribution in [1.29, 1.82) is 0 Å². The number of carbonyl (C=O) groups is 1. The van der Waals surface area contributed by atoms with Crippen LogP contribution in [0.25, 0.3) is 0 Å². The van der Waals surface area contributed by atoms with Gasteiger partial charge in [-0.2, -0.15) is 0 Å². The molecule has 2 aliphatic heterocycles. The molecule has 3 fully saturated rings. The highest BCUT2D eigenvalue weighted by Crippen LogP contribution is 2.61. The molecule has 1 saturated carbocycles. The molecule has 0 aromatic carbocycles. The van der Waals surface area contributed by atoms with Crippen molar-refractivity contribution in [1.82, 2.24) is 4.90 Å². The summed E-state index contributed by atoms with van der Waals surface area (Å²) in [5, 5.41) is 0. The van der Waals surface area contributed by atoms with E-state index in [1.54, 1.807) is 0 Å².